The van der Waals surface area contributed by atoms with Crippen LogP contribution in [0.2, 0.25) is 0 Å². The van der Waals surface area contributed by atoms with Gasteiger partial charge in [-0.2, -0.15) is 0 Å². The Hall–Kier alpha value is -2.44. The predicted octanol–water partition coefficient (Wildman–Crippen LogP) is 1.44. The molecule has 1 aliphatic carbocycles. The summed E-state index contributed by atoms with van der Waals surface area (Å²) < 4.78 is 13.7. The zero-order valence-electron chi connectivity index (χ0n) is 15.8. The first kappa shape index (κ1) is 19.3. The van der Waals surface area contributed by atoms with Gasteiger partial charge in [-0.15, -0.1) is 0 Å². The van der Waals surface area contributed by atoms with E-state index in [4.69, 9.17) is 0 Å². The van der Waals surface area contributed by atoms with Gasteiger partial charge in [0.25, 0.3) is 0 Å². The van der Waals surface area contributed by atoms with Gasteiger partial charge in [0.05, 0.1) is 5.41 Å². The largest absolute Gasteiger partial charge is 0.346 e. The smallest absolute Gasteiger partial charge is 0.312 e. The van der Waals surface area contributed by atoms with Crippen molar-refractivity contribution in [3.05, 3.63) is 35.6 Å². The van der Waals surface area contributed by atoms with E-state index in [0.717, 1.165) is 12.0 Å². The van der Waals surface area contributed by atoms with Crippen LogP contribution < -0.4 is 5.32 Å². The molecule has 146 valence electrons. The van der Waals surface area contributed by atoms with Crippen molar-refractivity contribution >= 4 is 17.7 Å². The highest BCUT2D eigenvalue weighted by Gasteiger charge is 2.48. The highest BCUT2D eigenvalue weighted by molar-refractivity contribution is 6.35. The van der Waals surface area contributed by atoms with Crippen molar-refractivity contribution in [2.75, 3.05) is 26.2 Å². The number of carbonyl (C=O) groups excluding carboxylic acids is 3. The van der Waals surface area contributed by atoms with E-state index in [1.165, 1.54) is 17.0 Å². The molecule has 1 aliphatic heterocycles. The van der Waals surface area contributed by atoms with Gasteiger partial charge < -0.3 is 15.1 Å². The first-order chi connectivity index (χ1) is 12.8. The molecule has 1 saturated heterocycles. The summed E-state index contributed by atoms with van der Waals surface area (Å²) >= 11 is 0. The van der Waals surface area contributed by atoms with Crippen molar-refractivity contribution < 1.29 is 18.8 Å². The third-order valence-electron chi connectivity index (χ3n) is 5.46. The van der Waals surface area contributed by atoms with E-state index >= 15 is 0 Å². The maximum Gasteiger partial charge on any atom is 0.312 e. The first-order valence-electron chi connectivity index (χ1n) is 9.49. The Balaban J connectivity index is 1.64. The molecule has 0 bridgehead atoms. The zero-order valence-corrected chi connectivity index (χ0v) is 15.8. The van der Waals surface area contributed by atoms with Crippen LogP contribution in [0.25, 0.3) is 0 Å². The van der Waals surface area contributed by atoms with Crippen molar-refractivity contribution in [3.8, 4) is 0 Å². The molecule has 27 heavy (non-hydrogen) atoms. The van der Waals surface area contributed by atoms with Crippen LogP contribution in [-0.4, -0.2) is 59.7 Å². The van der Waals surface area contributed by atoms with Crippen LogP contribution in [0, 0.1) is 5.82 Å². The van der Waals surface area contributed by atoms with E-state index in [1.54, 1.807) is 24.8 Å². The van der Waals surface area contributed by atoms with Crippen LogP contribution in [0.5, 0.6) is 0 Å². The molecule has 3 amide bonds. The first-order valence-corrected chi connectivity index (χ1v) is 9.49. The van der Waals surface area contributed by atoms with Crippen molar-refractivity contribution in [3.63, 3.8) is 0 Å². The minimum Gasteiger partial charge on any atom is -0.346 e. The maximum atomic E-state index is 13.7. The van der Waals surface area contributed by atoms with Crippen LogP contribution in [-0.2, 0) is 19.8 Å². The Morgan fingerprint density at radius 3 is 2.22 bits per heavy atom. The van der Waals surface area contributed by atoms with Crippen molar-refractivity contribution in [1.29, 1.82) is 0 Å². The molecular formula is C20H26FN3O3. The number of nitrogens with one attached hydrogen (secondary N) is 1. The topological polar surface area (TPSA) is 69.7 Å². The average molecular weight is 375 g/mol. The average Bonchev–Trinajstić information content (AvgIpc) is 2.59. The van der Waals surface area contributed by atoms with Crippen LogP contribution in [0.1, 0.15) is 38.7 Å². The standard InChI is InChI=1S/C20H26FN3O3/c1-14(2)22-17(25)18(26)23-9-11-24(12-10-23)19(27)20(7-4-8-20)15-5-3-6-16(21)13-15/h3,5-6,13-14H,4,7-12H2,1-2H3,(H,22,25). The monoisotopic (exact) mass is 375 g/mol. The number of halogens is 1. The SMILES string of the molecule is CC(C)NC(=O)C(=O)N1CCN(C(=O)C2(c3cccc(F)c3)CCC2)CC1. The van der Waals surface area contributed by atoms with Crippen LogP contribution in [0.4, 0.5) is 4.39 Å². The molecule has 0 radical (unpaired) electrons. The summed E-state index contributed by atoms with van der Waals surface area (Å²) in [5, 5.41) is 2.60. The molecule has 1 aromatic rings. The van der Waals surface area contributed by atoms with Crippen LogP contribution >= 0.6 is 0 Å². The Morgan fingerprint density at radius 2 is 1.70 bits per heavy atom. The molecule has 6 nitrogen and oxygen atoms in total. The predicted molar refractivity (Wildman–Crippen MR) is 98.4 cm³/mol. The van der Waals surface area contributed by atoms with E-state index in [1.807, 2.05) is 6.07 Å². The highest BCUT2D eigenvalue weighted by atomic mass is 19.1. The minimum absolute atomic E-state index is 0.00178. The molecule has 7 heteroatoms. The molecule has 0 atom stereocenters. The van der Waals surface area contributed by atoms with Gasteiger partial charge >= 0.3 is 11.8 Å². The molecule has 1 N–H and O–H groups in total. The molecule has 0 spiro atoms. The maximum absolute atomic E-state index is 13.7. The molecule has 0 aromatic heterocycles. The van der Waals surface area contributed by atoms with Gasteiger partial charge in [-0.1, -0.05) is 18.6 Å². The number of benzene rings is 1. The van der Waals surface area contributed by atoms with Crippen molar-refractivity contribution in [2.45, 2.75) is 44.6 Å². The fourth-order valence-corrected chi connectivity index (χ4v) is 3.83. The fourth-order valence-electron chi connectivity index (χ4n) is 3.83. The number of piperazine rings is 1. The van der Waals surface area contributed by atoms with Gasteiger partial charge in [0.2, 0.25) is 5.91 Å². The second-order valence-corrected chi connectivity index (χ2v) is 7.66. The molecule has 1 aromatic carbocycles. The zero-order chi connectivity index (χ0) is 19.6. The summed E-state index contributed by atoms with van der Waals surface area (Å²) in [6, 6.07) is 6.19. The number of rotatable bonds is 3. The number of amides is 3. The molecule has 3 rings (SSSR count). The van der Waals surface area contributed by atoms with Crippen molar-refractivity contribution in [1.82, 2.24) is 15.1 Å². The second kappa shape index (κ2) is 7.66. The fraction of sp³-hybridized carbons (Fsp3) is 0.550. The van der Waals surface area contributed by atoms with Crippen molar-refractivity contribution in [2.24, 2.45) is 0 Å². The van der Waals surface area contributed by atoms with Gasteiger partial charge in [-0.05, 0) is 44.4 Å². The van der Waals surface area contributed by atoms with E-state index in [0.29, 0.717) is 39.0 Å². The lowest BCUT2D eigenvalue weighted by atomic mass is 9.63. The van der Waals surface area contributed by atoms with Gasteiger partial charge in [0.1, 0.15) is 5.82 Å². The summed E-state index contributed by atoms with van der Waals surface area (Å²) in [5.41, 5.74) is 0.0806. The summed E-state index contributed by atoms with van der Waals surface area (Å²) in [7, 11) is 0. The Kier molecular flexibility index (Phi) is 5.48. The van der Waals surface area contributed by atoms with Gasteiger partial charge in [0, 0.05) is 32.2 Å². The van der Waals surface area contributed by atoms with Crippen LogP contribution in [0.3, 0.4) is 0 Å². The lowest BCUT2D eigenvalue weighted by Gasteiger charge is -2.46. The van der Waals surface area contributed by atoms with E-state index in [-0.39, 0.29) is 17.8 Å². The second-order valence-electron chi connectivity index (χ2n) is 7.66. The van der Waals surface area contributed by atoms with Gasteiger partial charge in [-0.25, -0.2) is 4.39 Å². The van der Waals surface area contributed by atoms with E-state index < -0.39 is 17.2 Å². The van der Waals surface area contributed by atoms with E-state index in [9.17, 15) is 18.8 Å². The molecule has 2 fully saturated rings. The van der Waals surface area contributed by atoms with Gasteiger partial charge in [0.15, 0.2) is 0 Å². The molecule has 2 aliphatic rings. The Morgan fingerprint density at radius 1 is 1.07 bits per heavy atom. The number of hydrogen-bond acceptors (Lipinski definition) is 3. The summed E-state index contributed by atoms with van der Waals surface area (Å²) in [6.45, 7) is 5.02. The highest BCUT2D eigenvalue weighted by Crippen LogP contribution is 2.45. The Labute approximate surface area is 158 Å². The lowest BCUT2D eigenvalue weighted by molar-refractivity contribution is -0.150. The number of nitrogens with zero attached hydrogens (tertiary/aromatic N) is 2. The third kappa shape index (κ3) is 3.82. The molecule has 1 saturated carbocycles. The number of hydrogen-bond donors (Lipinski definition) is 1. The third-order valence-corrected chi connectivity index (χ3v) is 5.46. The molecule has 1 heterocycles. The van der Waals surface area contributed by atoms with Gasteiger partial charge in [-0.3, -0.25) is 14.4 Å². The molecule has 0 unspecified atom stereocenters. The summed E-state index contributed by atoms with van der Waals surface area (Å²) in [6.07, 6.45) is 2.37. The normalized spacial score (nSPS) is 18.8. The number of carbonyl (C=O) groups is 3. The molecular weight excluding hydrogens is 349 g/mol. The van der Waals surface area contributed by atoms with Crippen LogP contribution in [0.15, 0.2) is 24.3 Å². The summed E-state index contributed by atoms with van der Waals surface area (Å²) in [5.74, 6) is -1.50. The Bertz CT molecular complexity index is 738. The quantitative estimate of drug-likeness (QED) is 0.813. The summed E-state index contributed by atoms with van der Waals surface area (Å²) in [4.78, 5) is 40.5. The lowest BCUT2D eigenvalue weighted by Crippen LogP contribution is -2.58. The minimum atomic E-state index is -0.650. The van der Waals surface area contributed by atoms with E-state index in [2.05, 4.69) is 5.32 Å².